The van der Waals surface area contributed by atoms with Gasteiger partial charge in [0, 0.05) is 0 Å². The maximum atomic E-state index is 7.40. The Kier molecular flexibility index (Phi) is 3.39. The highest BCUT2D eigenvalue weighted by molar-refractivity contribution is 5.69. The molecule has 2 aliphatic heterocycles. The van der Waals surface area contributed by atoms with Crippen molar-refractivity contribution in [3.8, 4) is 0 Å². The first kappa shape index (κ1) is 17.2. The Morgan fingerprint density at radius 2 is 1.17 bits per heavy atom. The Hall–Kier alpha value is -2.64. The molecule has 2 bridgehead atoms. The van der Waals surface area contributed by atoms with E-state index in [0.717, 1.165) is 6.42 Å². The molecule has 2 unspecified atom stereocenters. The topological polar surface area (TPSA) is 9.23 Å². The zero-order chi connectivity index (χ0) is 19.7. The van der Waals surface area contributed by atoms with Crippen LogP contribution in [-0.2, 0) is 15.9 Å². The van der Waals surface area contributed by atoms with Crippen LogP contribution in [0.1, 0.15) is 55.4 Å². The van der Waals surface area contributed by atoms with Crippen LogP contribution in [-0.4, -0.2) is 0 Å². The van der Waals surface area contributed by atoms with E-state index in [4.69, 9.17) is 4.74 Å². The lowest BCUT2D eigenvalue weighted by atomic mass is 9.57. The molecule has 2 heterocycles. The van der Waals surface area contributed by atoms with Crippen LogP contribution in [0.4, 0.5) is 0 Å². The van der Waals surface area contributed by atoms with Crippen molar-refractivity contribution < 1.29 is 4.74 Å². The summed E-state index contributed by atoms with van der Waals surface area (Å²) in [6.07, 6.45) is 3.53. The lowest BCUT2D eigenvalue weighted by molar-refractivity contribution is -0.0374. The highest BCUT2D eigenvalue weighted by Crippen LogP contribution is 2.71. The van der Waals surface area contributed by atoms with Gasteiger partial charge in [0.15, 0.2) is 0 Å². The maximum absolute atomic E-state index is 7.40. The van der Waals surface area contributed by atoms with Crippen molar-refractivity contribution in [3.63, 3.8) is 0 Å². The quantitative estimate of drug-likeness (QED) is 0.450. The summed E-state index contributed by atoms with van der Waals surface area (Å²) in [5, 5.41) is 0. The summed E-state index contributed by atoms with van der Waals surface area (Å²) in [4.78, 5) is 0. The first-order chi connectivity index (χ1) is 14.1. The fourth-order valence-electron chi connectivity index (χ4n) is 6.35. The minimum absolute atomic E-state index is 0.105. The molecule has 2 atom stereocenters. The second-order valence-corrected chi connectivity index (χ2v) is 9.33. The number of rotatable bonds is 2. The van der Waals surface area contributed by atoms with Crippen LogP contribution in [0.2, 0.25) is 0 Å². The van der Waals surface area contributed by atoms with Gasteiger partial charge in [-0.2, -0.15) is 0 Å². The van der Waals surface area contributed by atoms with Crippen molar-refractivity contribution in [2.75, 3.05) is 0 Å². The summed E-state index contributed by atoms with van der Waals surface area (Å²) < 4.78 is 7.40. The Balaban J connectivity index is 1.78. The molecule has 3 aromatic carbocycles. The number of benzene rings is 3. The van der Waals surface area contributed by atoms with Crippen molar-refractivity contribution in [2.45, 2.75) is 44.3 Å². The fourth-order valence-corrected chi connectivity index (χ4v) is 6.35. The van der Waals surface area contributed by atoms with Crippen LogP contribution >= 0.6 is 0 Å². The van der Waals surface area contributed by atoms with Gasteiger partial charge in [-0.25, -0.2) is 0 Å². The molecule has 1 nitrogen and oxygen atoms in total. The van der Waals surface area contributed by atoms with E-state index in [1.807, 2.05) is 0 Å². The van der Waals surface area contributed by atoms with Crippen molar-refractivity contribution in [1.82, 2.24) is 0 Å². The molecule has 0 spiro atoms. The molecule has 1 heteroatoms. The standard InChI is InChI=1S/C28H26O/c1-26(2)19-11-18-24-25(26)28(21-14-7-4-8-15-21)23-17-10-9-16-22(23)27(24,29-28)20-12-5-3-6-13-20/h3-10,12-17H,11,18-19H2,1-2H3. The molecule has 0 saturated heterocycles. The number of hydrogen-bond donors (Lipinski definition) is 0. The Morgan fingerprint density at radius 1 is 0.655 bits per heavy atom. The first-order valence-corrected chi connectivity index (χ1v) is 10.8. The first-order valence-electron chi connectivity index (χ1n) is 10.8. The predicted molar refractivity (Wildman–Crippen MR) is 117 cm³/mol. The van der Waals surface area contributed by atoms with Gasteiger partial charge in [-0.05, 0) is 58.1 Å². The number of fused-ring (bicyclic) bond motifs is 7. The fraction of sp³-hybridized carbons (Fsp3) is 0.286. The van der Waals surface area contributed by atoms with Crippen LogP contribution in [0.15, 0.2) is 96.1 Å². The van der Waals surface area contributed by atoms with Crippen molar-refractivity contribution in [1.29, 1.82) is 0 Å². The van der Waals surface area contributed by atoms with Crippen molar-refractivity contribution in [2.24, 2.45) is 5.41 Å². The van der Waals surface area contributed by atoms with E-state index >= 15 is 0 Å². The molecular formula is C28H26O. The van der Waals surface area contributed by atoms with E-state index in [9.17, 15) is 0 Å². The summed E-state index contributed by atoms with van der Waals surface area (Å²) in [5.41, 5.74) is 7.31. The van der Waals surface area contributed by atoms with Gasteiger partial charge in [-0.15, -0.1) is 0 Å². The zero-order valence-electron chi connectivity index (χ0n) is 17.1. The maximum Gasteiger partial charge on any atom is 0.143 e. The van der Waals surface area contributed by atoms with Crippen LogP contribution in [0, 0.1) is 5.41 Å². The smallest absolute Gasteiger partial charge is 0.143 e. The SMILES string of the molecule is CC1(C)CCCC2=C1C1(c3ccccc3)OC2(c2ccccc2)c2ccccc21. The molecule has 3 aromatic rings. The monoisotopic (exact) mass is 378 g/mol. The summed E-state index contributed by atoms with van der Waals surface area (Å²) in [5.74, 6) is 0. The van der Waals surface area contributed by atoms with Crippen molar-refractivity contribution >= 4 is 0 Å². The Morgan fingerprint density at radius 3 is 1.79 bits per heavy atom. The minimum Gasteiger partial charge on any atom is -0.341 e. The van der Waals surface area contributed by atoms with Gasteiger partial charge >= 0.3 is 0 Å². The molecule has 0 N–H and O–H groups in total. The molecule has 1 aliphatic carbocycles. The highest BCUT2D eigenvalue weighted by atomic mass is 16.5. The average molecular weight is 379 g/mol. The molecule has 0 aromatic heterocycles. The molecule has 0 radical (unpaired) electrons. The molecule has 6 rings (SSSR count). The number of hydrogen-bond acceptors (Lipinski definition) is 1. The molecule has 144 valence electrons. The Bertz CT molecular complexity index is 1130. The average Bonchev–Trinajstić information content (AvgIpc) is 3.25. The van der Waals surface area contributed by atoms with Crippen LogP contribution < -0.4 is 0 Å². The van der Waals surface area contributed by atoms with Gasteiger partial charge in [0.2, 0.25) is 0 Å². The van der Waals surface area contributed by atoms with Crippen LogP contribution in [0.25, 0.3) is 0 Å². The summed E-state index contributed by atoms with van der Waals surface area (Å²) in [6, 6.07) is 30.7. The predicted octanol–water partition coefficient (Wildman–Crippen LogP) is 6.72. The number of ether oxygens (including phenoxy) is 1. The zero-order valence-corrected chi connectivity index (χ0v) is 17.1. The lowest BCUT2D eigenvalue weighted by Crippen LogP contribution is -2.37. The van der Waals surface area contributed by atoms with Gasteiger partial charge < -0.3 is 4.74 Å². The molecule has 0 saturated carbocycles. The minimum atomic E-state index is -0.493. The third kappa shape index (κ3) is 1.99. The second-order valence-electron chi connectivity index (χ2n) is 9.33. The van der Waals surface area contributed by atoms with Crippen LogP contribution in [0.3, 0.4) is 0 Å². The molecule has 0 fully saturated rings. The summed E-state index contributed by atoms with van der Waals surface area (Å²) in [6.45, 7) is 4.83. The van der Waals surface area contributed by atoms with E-state index in [1.54, 1.807) is 0 Å². The largest absolute Gasteiger partial charge is 0.341 e. The normalized spacial score (nSPS) is 28.9. The van der Waals surface area contributed by atoms with Crippen molar-refractivity contribution in [3.05, 3.63) is 118 Å². The van der Waals surface area contributed by atoms with Gasteiger partial charge in [-0.3, -0.25) is 0 Å². The third-order valence-electron chi connectivity index (χ3n) is 7.34. The molecular weight excluding hydrogens is 352 g/mol. The van der Waals surface area contributed by atoms with Gasteiger partial charge in [0.05, 0.1) is 0 Å². The van der Waals surface area contributed by atoms with Gasteiger partial charge in [0.25, 0.3) is 0 Å². The molecule has 3 aliphatic rings. The highest BCUT2D eigenvalue weighted by Gasteiger charge is 2.67. The molecule has 0 amide bonds. The molecule has 29 heavy (non-hydrogen) atoms. The Labute approximate surface area is 173 Å². The lowest BCUT2D eigenvalue weighted by Gasteiger charge is -2.43. The second kappa shape index (κ2) is 5.70. The van der Waals surface area contributed by atoms with Crippen LogP contribution in [0.5, 0.6) is 0 Å². The summed E-state index contributed by atoms with van der Waals surface area (Å²) in [7, 11) is 0. The summed E-state index contributed by atoms with van der Waals surface area (Å²) >= 11 is 0. The van der Waals surface area contributed by atoms with E-state index in [1.165, 1.54) is 46.2 Å². The van der Waals surface area contributed by atoms with Gasteiger partial charge in [0.1, 0.15) is 11.2 Å². The van der Waals surface area contributed by atoms with E-state index < -0.39 is 11.2 Å². The van der Waals surface area contributed by atoms with E-state index in [-0.39, 0.29) is 5.41 Å². The van der Waals surface area contributed by atoms with Gasteiger partial charge in [-0.1, -0.05) is 98.8 Å². The van der Waals surface area contributed by atoms with E-state index in [2.05, 4.69) is 98.8 Å². The third-order valence-corrected chi connectivity index (χ3v) is 7.34. The van der Waals surface area contributed by atoms with E-state index in [0.29, 0.717) is 0 Å².